The Labute approximate surface area is 182 Å². The molecule has 0 atom stereocenters. The van der Waals surface area contributed by atoms with Gasteiger partial charge in [0.2, 0.25) is 10.0 Å². The highest BCUT2D eigenvalue weighted by Crippen LogP contribution is 2.24. The fourth-order valence-corrected chi connectivity index (χ4v) is 5.34. The molecule has 3 aromatic rings. The zero-order valence-corrected chi connectivity index (χ0v) is 18.3. The fraction of sp³-hybridized carbons (Fsp3) is 0.261. The van der Waals surface area contributed by atoms with Crippen LogP contribution in [0.5, 0.6) is 0 Å². The predicted molar refractivity (Wildman–Crippen MR) is 124 cm³/mol. The first-order chi connectivity index (χ1) is 14.5. The van der Waals surface area contributed by atoms with E-state index in [0.29, 0.717) is 37.5 Å². The molecule has 4 rings (SSSR count). The first kappa shape index (κ1) is 20.9. The first-order valence-corrected chi connectivity index (χ1v) is 12.0. The molecular weight excluding hydrogens is 416 g/mol. The molecule has 5 nitrogen and oxygen atoms in total. The van der Waals surface area contributed by atoms with Crippen LogP contribution in [0.3, 0.4) is 0 Å². The van der Waals surface area contributed by atoms with Gasteiger partial charge in [-0.2, -0.15) is 16.9 Å². The third kappa shape index (κ3) is 4.38. The van der Waals surface area contributed by atoms with Gasteiger partial charge in [-0.25, -0.2) is 8.42 Å². The maximum atomic E-state index is 13.1. The Morgan fingerprint density at radius 1 is 0.867 bits per heavy atom. The van der Waals surface area contributed by atoms with Gasteiger partial charge < -0.3 is 4.90 Å². The third-order valence-corrected chi connectivity index (χ3v) is 7.72. The van der Waals surface area contributed by atoms with Crippen molar-refractivity contribution in [1.29, 1.82) is 0 Å². The Kier molecular flexibility index (Phi) is 6.13. The number of nitrogens with zero attached hydrogens (tertiary/aromatic N) is 2. The van der Waals surface area contributed by atoms with Crippen molar-refractivity contribution < 1.29 is 13.2 Å². The molecule has 0 radical (unpaired) electrons. The molecule has 0 saturated carbocycles. The van der Waals surface area contributed by atoms with E-state index < -0.39 is 10.0 Å². The molecule has 1 fully saturated rings. The number of piperazine rings is 1. The van der Waals surface area contributed by atoms with Crippen LogP contribution in [0.25, 0.3) is 10.8 Å². The lowest BCUT2D eigenvalue weighted by Gasteiger charge is -2.35. The molecule has 0 aromatic heterocycles. The van der Waals surface area contributed by atoms with E-state index in [0.717, 1.165) is 22.0 Å². The number of anilines is 1. The van der Waals surface area contributed by atoms with Gasteiger partial charge >= 0.3 is 0 Å². The van der Waals surface area contributed by atoms with Crippen LogP contribution in [0, 0.1) is 0 Å². The summed E-state index contributed by atoms with van der Waals surface area (Å²) >= 11 is 4.01. The standard InChI is InChI=1S/C23H24N2O3S2/c26-22(17-29)15-18-5-8-21(9-6-18)24-11-13-25(14-12-24)30(27,28)23-10-7-19-3-1-2-4-20(19)16-23/h1-10,16,29H,11-15,17H2. The van der Waals surface area contributed by atoms with Gasteiger partial charge in [0.05, 0.1) is 4.90 Å². The molecule has 1 saturated heterocycles. The molecule has 0 amide bonds. The minimum Gasteiger partial charge on any atom is -0.369 e. The van der Waals surface area contributed by atoms with E-state index in [1.807, 2.05) is 54.6 Å². The zero-order chi connectivity index (χ0) is 21.1. The summed E-state index contributed by atoms with van der Waals surface area (Å²) < 4.78 is 27.8. The molecular formula is C23H24N2O3S2. The summed E-state index contributed by atoms with van der Waals surface area (Å²) in [5, 5.41) is 1.95. The van der Waals surface area contributed by atoms with Gasteiger partial charge in [-0.05, 0) is 40.6 Å². The average molecular weight is 441 g/mol. The van der Waals surface area contributed by atoms with Crippen molar-refractivity contribution in [2.24, 2.45) is 0 Å². The number of ketones is 1. The van der Waals surface area contributed by atoms with Crippen LogP contribution in [0.15, 0.2) is 71.6 Å². The first-order valence-electron chi connectivity index (χ1n) is 9.93. The molecule has 7 heteroatoms. The van der Waals surface area contributed by atoms with E-state index in [9.17, 15) is 13.2 Å². The van der Waals surface area contributed by atoms with E-state index in [2.05, 4.69) is 17.5 Å². The summed E-state index contributed by atoms with van der Waals surface area (Å²) in [6.07, 6.45) is 0.390. The fourth-order valence-electron chi connectivity index (χ4n) is 3.77. The summed E-state index contributed by atoms with van der Waals surface area (Å²) in [5.41, 5.74) is 2.01. The van der Waals surface area contributed by atoms with Crippen molar-refractivity contribution in [3.63, 3.8) is 0 Å². The van der Waals surface area contributed by atoms with Gasteiger partial charge in [0, 0.05) is 44.0 Å². The van der Waals surface area contributed by atoms with Crippen molar-refractivity contribution in [2.75, 3.05) is 36.8 Å². The molecule has 0 aliphatic carbocycles. The zero-order valence-electron chi connectivity index (χ0n) is 16.6. The third-order valence-electron chi connectivity index (χ3n) is 5.48. The smallest absolute Gasteiger partial charge is 0.243 e. The van der Waals surface area contributed by atoms with Crippen molar-refractivity contribution in [2.45, 2.75) is 11.3 Å². The van der Waals surface area contributed by atoms with Gasteiger partial charge in [-0.1, -0.05) is 42.5 Å². The number of hydrogen-bond donors (Lipinski definition) is 1. The maximum absolute atomic E-state index is 13.1. The molecule has 0 bridgehead atoms. The van der Waals surface area contributed by atoms with Crippen LogP contribution in [-0.2, 0) is 21.2 Å². The average Bonchev–Trinajstić information content (AvgIpc) is 2.79. The summed E-state index contributed by atoms with van der Waals surface area (Å²) in [5.74, 6) is 0.341. The maximum Gasteiger partial charge on any atom is 0.243 e. The van der Waals surface area contributed by atoms with Crippen molar-refractivity contribution >= 4 is 44.9 Å². The number of benzene rings is 3. The van der Waals surface area contributed by atoms with Crippen LogP contribution >= 0.6 is 12.6 Å². The number of thiol groups is 1. The van der Waals surface area contributed by atoms with Crippen LogP contribution in [0.1, 0.15) is 5.56 Å². The Morgan fingerprint density at radius 2 is 1.53 bits per heavy atom. The molecule has 1 aliphatic heterocycles. The van der Waals surface area contributed by atoms with Gasteiger partial charge in [0.25, 0.3) is 0 Å². The lowest BCUT2D eigenvalue weighted by molar-refractivity contribution is -0.115. The molecule has 0 unspecified atom stereocenters. The minimum atomic E-state index is -3.52. The number of fused-ring (bicyclic) bond motifs is 1. The second-order valence-electron chi connectivity index (χ2n) is 7.44. The number of rotatable bonds is 6. The lowest BCUT2D eigenvalue weighted by atomic mass is 10.1. The van der Waals surface area contributed by atoms with Gasteiger partial charge in [0.1, 0.15) is 5.78 Å². The molecule has 1 aliphatic rings. The molecule has 156 valence electrons. The Bertz CT molecular complexity index is 1150. The van der Waals surface area contributed by atoms with Crippen LogP contribution < -0.4 is 4.90 Å². The summed E-state index contributed by atoms with van der Waals surface area (Å²) in [6, 6.07) is 21.0. The summed E-state index contributed by atoms with van der Waals surface area (Å²) in [6.45, 7) is 2.13. The van der Waals surface area contributed by atoms with Gasteiger partial charge in [0.15, 0.2) is 0 Å². The van der Waals surface area contributed by atoms with E-state index in [1.54, 1.807) is 16.4 Å². The molecule has 0 N–H and O–H groups in total. The number of carbonyl (C=O) groups excluding carboxylic acids is 1. The van der Waals surface area contributed by atoms with Gasteiger partial charge in [-0.15, -0.1) is 0 Å². The molecule has 30 heavy (non-hydrogen) atoms. The summed E-state index contributed by atoms with van der Waals surface area (Å²) in [4.78, 5) is 14.1. The molecule has 1 heterocycles. The number of hydrogen-bond acceptors (Lipinski definition) is 5. The number of carbonyl (C=O) groups is 1. The van der Waals surface area contributed by atoms with E-state index in [1.165, 1.54) is 0 Å². The number of Topliss-reactive ketones (excluding diaryl/α,β-unsaturated/α-hetero) is 1. The Balaban J connectivity index is 1.43. The van der Waals surface area contributed by atoms with Gasteiger partial charge in [-0.3, -0.25) is 4.79 Å². The molecule has 0 spiro atoms. The van der Waals surface area contributed by atoms with E-state index in [4.69, 9.17) is 0 Å². The lowest BCUT2D eigenvalue weighted by Crippen LogP contribution is -2.48. The topological polar surface area (TPSA) is 57.7 Å². The quantitative estimate of drug-likeness (QED) is 0.597. The molecule has 3 aromatic carbocycles. The van der Waals surface area contributed by atoms with Crippen molar-refractivity contribution in [3.8, 4) is 0 Å². The monoisotopic (exact) mass is 440 g/mol. The van der Waals surface area contributed by atoms with E-state index >= 15 is 0 Å². The van der Waals surface area contributed by atoms with Crippen LogP contribution in [0.4, 0.5) is 5.69 Å². The van der Waals surface area contributed by atoms with E-state index in [-0.39, 0.29) is 11.5 Å². The minimum absolute atomic E-state index is 0.0959. The largest absolute Gasteiger partial charge is 0.369 e. The van der Waals surface area contributed by atoms with Crippen molar-refractivity contribution in [3.05, 3.63) is 72.3 Å². The van der Waals surface area contributed by atoms with Crippen molar-refractivity contribution in [1.82, 2.24) is 4.31 Å². The Hall–Kier alpha value is -2.35. The SMILES string of the molecule is O=C(CS)Cc1ccc(N2CCN(S(=O)(=O)c3ccc4ccccc4c3)CC2)cc1. The predicted octanol–water partition coefficient (Wildman–Crippen LogP) is 3.39. The van der Waals surface area contributed by atoms with Crippen LogP contribution in [0.2, 0.25) is 0 Å². The second kappa shape index (κ2) is 8.79. The van der Waals surface area contributed by atoms with Crippen LogP contribution in [-0.4, -0.2) is 50.4 Å². The highest BCUT2D eigenvalue weighted by molar-refractivity contribution is 7.89. The number of sulfonamides is 1. The normalized spacial score (nSPS) is 15.4. The summed E-state index contributed by atoms with van der Waals surface area (Å²) in [7, 11) is -3.52. The highest BCUT2D eigenvalue weighted by atomic mass is 32.2. The highest BCUT2D eigenvalue weighted by Gasteiger charge is 2.28. The Morgan fingerprint density at radius 3 is 2.20 bits per heavy atom. The second-order valence-corrected chi connectivity index (χ2v) is 9.69.